The molecular formula is C19H27N5O3. The molecule has 1 fully saturated rings. The third kappa shape index (κ3) is 4.63. The van der Waals surface area contributed by atoms with Crippen molar-refractivity contribution < 1.29 is 14.3 Å². The maximum atomic E-state index is 12.8. The van der Waals surface area contributed by atoms with Crippen LogP contribution in [0.5, 0.6) is 0 Å². The van der Waals surface area contributed by atoms with Gasteiger partial charge in [0.15, 0.2) is 11.3 Å². The highest BCUT2D eigenvalue weighted by molar-refractivity contribution is 6.05. The molecule has 0 unspecified atom stereocenters. The van der Waals surface area contributed by atoms with Gasteiger partial charge in [-0.05, 0) is 43.2 Å². The second-order valence-electron chi connectivity index (χ2n) is 7.52. The molecule has 1 aliphatic rings. The van der Waals surface area contributed by atoms with Crippen LogP contribution in [-0.2, 0) is 16.1 Å². The molecule has 1 atom stereocenters. The van der Waals surface area contributed by atoms with E-state index < -0.39 is 17.9 Å². The number of hydrogen-bond acceptors (Lipinski definition) is 5. The molecule has 2 aromatic heterocycles. The van der Waals surface area contributed by atoms with Gasteiger partial charge in [0, 0.05) is 26.0 Å². The van der Waals surface area contributed by atoms with Crippen LogP contribution in [0.25, 0.3) is 11.0 Å². The highest BCUT2D eigenvalue weighted by Gasteiger charge is 2.25. The first-order chi connectivity index (χ1) is 13.0. The third-order valence-corrected chi connectivity index (χ3v) is 4.85. The molecule has 3 rings (SSSR count). The maximum Gasteiger partial charge on any atom is 0.273 e. The number of ether oxygens (including phenoxy) is 1. The van der Waals surface area contributed by atoms with Gasteiger partial charge in [-0.15, -0.1) is 0 Å². The molecule has 2 amide bonds. The summed E-state index contributed by atoms with van der Waals surface area (Å²) in [6.07, 6.45) is 4.11. The Bertz CT molecular complexity index is 811. The second kappa shape index (κ2) is 8.47. The molecule has 2 aromatic rings. The first-order valence-corrected chi connectivity index (χ1v) is 9.45. The molecule has 0 spiro atoms. The Kier molecular flexibility index (Phi) is 6.05. The van der Waals surface area contributed by atoms with Crippen LogP contribution >= 0.6 is 0 Å². The SMILES string of the molecule is CC(C)C[C@H](NC(=O)c1nn(CC2CCOCC2)c2ncccc12)C(N)=O. The average Bonchev–Trinajstić information content (AvgIpc) is 3.00. The first-order valence-electron chi connectivity index (χ1n) is 9.45. The van der Waals surface area contributed by atoms with E-state index >= 15 is 0 Å². The zero-order valence-corrected chi connectivity index (χ0v) is 15.9. The summed E-state index contributed by atoms with van der Waals surface area (Å²) < 4.78 is 7.21. The van der Waals surface area contributed by atoms with E-state index in [1.807, 2.05) is 19.9 Å². The summed E-state index contributed by atoms with van der Waals surface area (Å²) >= 11 is 0. The fourth-order valence-electron chi connectivity index (χ4n) is 3.42. The van der Waals surface area contributed by atoms with Gasteiger partial charge in [0.05, 0.1) is 5.39 Å². The highest BCUT2D eigenvalue weighted by atomic mass is 16.5. The lowest BCUT2D eigenvalue weighted by Crippen LogP contribution is -2.45. The van der Waals surface area contributed by atoms with Gasteiger partial charge >= 0.3 is 0 Å². The van der Waals surface area contributed by atoms with Crippen molar-refractivity contribution in [2.75, 3.05) is 13.2 Å². The molecule has 27 heavy (non-hydrogen) atoms. The van der Waals surface area contributed by atoms with Crippen LogP contribution in [0.1, 0.15) is 43.6 Å². The fraction of sp³-hybridized carbons (Fsp3) is 0.579. The lowest BCUT2D eigenvalue weighted by atomic mass is 10.0. The van der Waals surface area contributed by atoms with Crippen molar-refractivity contribution in [2.45, 2.75) is 45.7 Å². The number of nitrogens with zero attached hydrogens (tertiary/aromatic N) is 3. The number of nitrogens with one attached hydrogen (secondary N) is 1. The average molecular weight is 373 g/mol. The van der Waals surface area contributed by atoms with E-state index in [1.54, 1.807) is 16.9 Å². The summed E-state index contributed by atoms with van der Waals surface area (Å²) in [7, 11) is 0. The lowest BCUT2D eigenvalue weighted by Gasteiger charge is -2.21. The molecule has 0 aromatic carbocycles. The van der Waals surface area contributed by atoms with E-state index in [2.05, 4.69) is 15.4 Å². The van der Waals surface area contributed by atoms with Gasteiger partial charge in [-0.25, -0.2) is 9.67 Å². The Morgan fingerprint density at radius 2 is 2.11 bits per heavy atom. The Morgan fingerprint density at radius 1 is 1.37 bits per heavy atom. The molecule has 8 nitrogen and oxygen atoms in total. The highest BCUT2D eigenvalue weighted by Crippen LogP contribution is 2.22. The second-order valence-corrected chi connectivity index (χ2v) is 7.52. The maximum absolute atomic E-state index is 12.8. The topological polar surface area (TPSA) is 112 Å². The molecule has 0 aliphatic carbocycles. The normalized spacial score (nSPS) is 16.6. The number of aromatic nitrogens is 3. The Hall–Kier alpha value is -2.48. The van der Waals surface area contributed by atoms with Crippen LogP contribution in [0, 0.1) is 11.8 Å². The minimum absolute atomic E-state index is 0.229. The van der Waals surface area contributed by atoms with Gasteiger partial charge in [-0.3, -0.25) is 9.59 Å². The van der Waals surface area contributed by atoms with Crippen LogP contribution in [0.3, 0.4) is 0 Å². The minimum Gasteiger partial charge on any atom is -0.381 e. The Balaban J connectivity index is 1.85. The number of carbonyl (C=O) groups excluding carboxylic acids is 2. The fourth-order valence-corrected chi connectivity index (χ4v) is 3.42. The number of primary amides is 1. The van der Waals surface area contributed by atoms with Crippen molar-refractivity contribution in [1.29, 1.82) is 0 Å². The molecule has 1 aliphatic heterocycles. The molecular weight excluding hydrogens is 346 g/mol. The molecule has 3 N–H and O–H groups in total. The Morgan fingerprint density at radius 3 is 2.78 bits per heavy atom. The summed E-state index contributed by atoms with van der Waals surface area (Å²) in [5.41, 5.74) is 6.40. The molecule has 0 saturated carbocycles. The third-order valence-electron chi connectivity index (χ3n) is 4.85. The van der Waals surface area contributed by atoms with Gasteiger partial charge in [-0.1, -0.05) is 13.8 Å². The molecule has 8 heteroatoms. The molecule has 3 heterocycles. The Labute approximate surface area is 158 Å². The number of rotatable bonds is 7. The van der Waals surface area contributed by atoms with Gasteiger partial charge in [0.25, 0.3) is 5.91 Å². The van der Waals surface area contributed by atoms with Crippen LogP contribution in [0.2, 0.25) is 0 Å². The monoisotopic (exact) mass is 373 g/mol. The standard InChI is InChI=1S/C19H27N5O3/c1-12(2)10-15(17(20)25)22-19(26)16-14-4-3-7-21-18(14)24(23-16)11-13-5-8-27-9-6-13/h3-4,7,12-13,15H,5-6,8-11H2,1-2H3,(H2,20,25)(H,22,26)/t15-/m0/s1. The van der Waals surface area contributed by atoms with Crippen molar-refractivity contribution in [3.05, 3.63) is 24.0 Å². The van der Waals surface area contributed by atoms with E-state index in [4.69, 9.17) is 10.5 Å². The van der Waals surface area contributed by atoms with E-state index in [9.17, 15) is 9.59 Å². The quantitative estimate of drug-likeness (QED) is 0.763. The smallest absolute Gasteiger partial charge is 0.273 e. The summed E-state index contributed by atoms with van der Waals surface area (Å²) in [5.74, 6) is -0.268. The van der Waals surface area contributed by atoms with E-state index in [0.717, 1.165) is 26.1 Å². The predicted octanol–water partition coefficient (Wildman–Crippen LogP) is 1.49. The predicted molar refractivity (Wildman–Crippen MR) is 101 cm³/mol. The van der Waals surface area contributed by atoms with Crippen LogP contribution in [-0.4, -0.2) is 45.8 Å². The first kappa shape index (κ1) is 19.3. The van der Waals surface area contributed by atoms with Gasteiger partial charge < -0.3 is 15.8 Å². The van der Waals surface area contributed by atoms with E-state index in [0.29, 0.717) is 29.9 Å². The van der Waals surface area contributed by atoms with Crippen molar-refractivity contribution in [3.63, 3.8) is 0 Å². The number of hydrogen-bond donors (Lipinski definition) is 2. The van der Waals surface area contributed by atoms with E-state index in [1.165, 1.54) is 0 Å². The number of pyridine rings is 1. The van der Waals surface area contributed by atoms with Gasteiger partial charge in [0.2, 0.25) is 5.91 Å². The summed E-state index contributed by atoms with van der Waals surface area (Å²) in [6, 6.07) is 2.89. The van der Waals surface area contributed by atoms with Gasteiger partial charge in [-0.2, -0.15) is 5.10 Å². The van der Waals surface area contributed by atoms with Crippen molar-refractivity contribution in [1.82, 2.24) is 20.1 Å². The number of fused-ring (bicyclic) bond motifs is 1. The van der Waals surface area contributed by atoms with Gasteiger partial charge in [0.1, 0.15) is 6.04 Å². The van der Waals surface area contributed by atoms with Crippen molar-refractivity contribution in [2.24, 2.45) is 17.6 Å². The molecule has 0 radical (unpaired) electrons. The zero-order chi connectivity index (χ0) is 19.4. The summed E-state index contributed by atoms with van der Waals surface area (Å²) in [5, 5.41) is 7.94. The molecule has 146 valence electrons. The number of amides is 2. The number of nitrogens with two attached hydrogens (primary N) is 1. The van der Waals surface area contributed by atoms with Crippen LogP contribution < -0.4 is 11.1 Å². The van der Waals surface area contributed by atoms with Crippen molar-refractivity contribution in [3.8, 4) is 0 Å². The summed E-state index contributed by atoms with van der Waals surface area (Å²) in [6.45, 7) is 6.14. The molecule has 0 bridgehead atoms. The van der Waals surface area contributed by atoms with Crippen LogP contribution in [0.4, 0.5) is 0 Å². The lowest BCUT2D eigenvalue weighted by molar-refractivity contribution is -0.120. The summed E-state index contributed by atoms with van der Waals surface area (Å²) in [4.78, 5) is 28.9. The zero-order valence-electron chi connectivity index (χ0n) is 15.9. The van der Waals surface area contributed by atoms with Crippen molar-refractivity contribution >= 4 is 22.8 Å². The largest absolute Gasteiger partial charge is 0.381 e. The number of carbonyl (C=O) groups is 2. The van der Waals surface area contributed by atoms with Crippen LogP contribution in [0.15, 0.2) is 18.3 Å². The molecule has 1 saturated heterocycles. The minimum atomic E-state index is -0.718. The van der Waals surface area contributed by atoms with E-state index in [-0.39, 0.29) is 11.6 Å².